The first-order valence-corrected chi connectivity index (χ1v) is 9.20. The summed E-state index contributed by atoms with van der Waals surface area (Å²) in [5.74, 6) is -0.299. The average molecular weight is 419 g/mol. The van der Waals surface area contributed by atoms with Crippen molar-refractivity contribution in [2.45, 2.75) is 19.6 Å². The van der Waals surface area contributed by atoms with Gasteiger partial charge in [0.05, 0.1) is 37.3 Å². The number of H-pyrrole nitrogens is 1. The Labute approximate surface area is 171 Å². The van der Waals surface area contributed by atoms with Crippen LogP contribution in [0, 0.1) is 11.2 Å². The summed E-state index contributed by atoms with van der Waals surface area (Å²) in [6, 6.07) is 4.31. The van der Waals surface area contributed by atoms with Crippen LogP contribution < -0.4 is 20.4 Å². The molecule has 0 aliphatic carbocycles. The molecule has 1 aromatic carbocycles. The van der Waals surface area contributed by atoms with E-state index in [0.29, 0.717) is 31.1 Å². The van der Waals surface area contributed by atoms with Gasteiger partial charge in [-0.15, -0.1) is 10.2 Å². The summed E-state index contributed by atoms with van der Waals surface area (Å²) in [6.07, 6.45) is -0.0820. The number of carbonyl (C=O) groups excluding carboxylic acids is 2. The summed E-state index contributed by atoms with van der Waals surface area (Å²) in [5, 5.41) is 26.7. The summed E-state index contributed by atoms with van der Waals surface area (Å²) in [6.45, 7) is 2.94. The van der Waals surface area contributed by atoms with E-state index in [1.54, 1.807) is 6.07 Å². The maximum Gasteiger partial charge on any atom is 0.414 e. The number of rotatable bonds is 10. The number of anilines is 2. The van der Waals surface area contributed by atoms with Gasteiger partial charge in [-0.05, 0) is 18.2 Å². The average Bonchev–Trinajstić information content (AvgIpc) is 3.36. The van der Waals surface area contributed by atoms with E-state index < -0.39 is 18.0 Å². The molecule has 1 aromatic heterocycles. The van der Waals surface area contributed by atoms with Crippen LogP contribution in [-0.4, -0.2) is 71.2 Å². The summed E-state index contributed by atoms with van der Waals surface area (Å²) in [5.41, 5.74) is 0.546. The maximum atomic E-state index is 14.7. The van der Waals surface area contributed by atoms with Gasteiger partial charge >= 0.3 is 6.09 Å². The van der Waals surface area contributed by atoms with Gasteiger partial charge in [0.1, 0.15) is 11.9 Å². The van der Waals surface area contributed by atoms with Crippen molar-refractivity contribution in [3.8, 4) is 0 Å². The second-order valence-electron chi connectivity index (χ2n) is 6.52. The summed E-state index contributed by atoms with van der Waals surface area (Å²) >= 11 is 0. The molecule has 0 spiro atoms. The van der Waals surface area contributed by atoms with Crippen LogP contribution in [0.4, 0.5) is 20.6 Å². The predicted molar refractivity (Wildman–Crippen MR) is 105 cm³/mol. The van der Waals surface area contributed by atoms with Crippen molar-refractivity contribution >= 4 is 29.7 Å². The van der Waals surface area contributed by atoms with Gasteiger partial charge in [-0.1, -0.05) is 5.21 Å². The van der Waals surface area contributed by atoms with Crippen LogP contribution in [0.3, 0.4) is 0 Å². The van der Waals surface area contributed by atoms with Crippen LogP contribution >= 0.6 is 0 Å². The Morgan fingerprint density at radius 2 is 2.37 bits per heavy atom. The third-order valence-electron chi connectivity index (χ3n) is 4.36. The number of cyclic esters (lactones) is 1. The molecule has 1 aliphatic heterocycles. The second-order valence-corrected chi connectivity index (χ2v) is 6.52. The number of nitrogens with one attached hydrogen (secondary N) is 4. The highest BCUT2D eigenvalue weighted by Gasteiger charge is 2.32. The highest BCUT2D eigenvalue weighted by Crippen LogP contribution is 2.27. The summed E-state index contributed by atoms with van der Waals surface area (Å²) in [7, 11) is 0. The number of amides is 2. The molecule has 1 fully saturated rings. The molecule has 0 bridgehead atoms. The lowest BCUT2D eigenvalue weighted by Gasteiger charge is -2.21. The molecule has 13 heteroatoms. The molecule has 0 saturated carbocycles. The van der Waals surface area contributed by atoms with E-state index in [-0.39, 0.29) is 24.7 Å². The number of ether oxygens (including phenoxy) is 1. The van der Waals surface area contributed by atoms with Gasteiger partial charge in [0.2, 0.25) is 5.91 Å². The first-order chi connectivity index (χ1) is 14.5. The monoisotopic (exact) mass is 419 g/mol. The lowest BCUT2D eigenvalue weighted by Crippen LogP contribution is -2.33. The van der Waals surface area contributed by atoms with Crippen molar-refractivity contribution in [3.05, 3.63) is 29.8 Å². The number of halogens is 1. The van der Waals surface area contributed by atoms with Gasteiger partial charge in [0.15, 0.2) is 5.82 Å². The second kappa shape index (κ2) is 9.73. The highest BCUT2D eigenvalue weighted by molar-refractivity contribution is 5.90. The van der Waals surface area contributed by atoms with Crippen LogP contribution in [-0.2, 0) is 16.1 Å². The molecule has 1 saturated heterocycles. The van der Waals surface area contributed by atoms with Crippen LogP contribution in [0.25, 0.3) is 0 Å². The van der Waals surface area contributed by atoms with Crippen molar-refractivity contribution in [2.24, 2.45) is 0 Å². The zero-order valence-electron chi connectivity index (χ0n) is 16.3. The number of aromatic amines is 1. The van der Waals surface area contributed by atoms with Crippen molar-refractivity contribution < 1.29 is 18.7 Å². The molecule has 2 heterocycles. The number of benzene rings is 1. The maximum absolute atomic E-state index is 14.7. The molecule has 2 amide bonds. The summed E-state index contributed by atoms with van der Waals surface area (Å²) in [4.78, 5) is 25.8. The highest BCUT2D eigenvalue weighted by atomic mass is 19.1. The normalized spacial score (nSPS) is 15.7. The third-order valence-corrected chi connectivity index (χ3v) is 4.36. The molecule has 0 radical (unpaired) electrons. The van der Waals surface area contributed by atoms with Gasteiger partial charge in [-0.3, -0.25) is 15.1 Å². The minimum absolute atomic E-state index is 0.191. The van der Waals surface area contributed by atoms with Gasteiger partial charge < -0.3 is 20.3 Å². The minimum Gasteiger partial charge on any atom is -0.442 e. The standard InChI is InChI=1S/C17H22FN9O3/c1-11(28)21-7-13-9-27(17(29)30-13)12-2-3-15(14(18)6-12)26(10-19)5-4-20-8-16-22-24-25-23-16/h2-3,6,10,13,19-20H,4-5,7-9H2,1H3,(H,21,28)(H,22,23,24,25)/t13-/m0/s1. The number of hydrogen-bond donors (Lipinski definition) is 4. The lowest BCUT2D eigenvalue weighted by atomic mass is 10.2. The number of nitrogens with zero attached hydrogens (tertiary/aromatic N) is 5. The predicted octanol–water partition coefficient (Wildman–Crippen LogP) is 0.00337. The van der Waals surface area contributed by atoms with E-state index in [2.05, 4.69) is 31.3 Å². The first kappa shape index (κ1) is 21.1. The van der Waals surface area contributed by atoms with E-state index in [9.17, 15) is 14.0 Å². The Kier molecular flexibility index (Phi) is 6.85. The molecule has 1 aliphatic rings. The molecular formula is C17H22FN9O3. The van der Waals surface area contributed by atoms with Crippen LogP contribution in [0.1, 0.15) is 12.7 Å². The molecule has 160 valence electrons. The first-order valence-electron chi connectivity index (χ1n) is 9.20. The lowest BCUT2D eigenvalue weighted by molar-refractivity contribution is -0.119. The van der Waals surface area contributed by atoms with Gasteiger partial charge in [-0.2, -0.15) is 5.21 Å². The van der Waals surface area contributed by atoms with Crippen molar-refractivity contribution in [1.82, 2.24) is 31.3 Å². The van der Waals surface area contributed by atoms with Gasteiger partial charge in [-0.25, -0.2) is 9.18 Å². The Morgan fingerprint density at radius 3 is 3.03 bits per heavy atom. The number of carbonyl (C=O) groups is 2. The van der Waals surface area contributed by atoms with Crippen LogP contribution in [0.2, 0.25) is 0 Å². The molecule has 3 rings (SSSR count). The number of hydrogen-bond acceptors (Lipinski definition) is 8. The topological polar surface area (TPSA) is 152 Å². The number of tetrazole rings is 1. The zero-order valence-corrected chi connectivity index (χ0v) is 16.3. The van der Waals surface area contributed by atoms with E-state index in [4.69, 9.17) is 10.1 Å². The van der Waals surface area contributed by atoms with Crippen LogP contribution in [0.15, 0.2) is 18.2 Å². The van der Waals surface area contributed by atoms with Crippen molar-refractivity contribution in [1.29, 1.82) is 5.41 Å². The Balaban J connectivity index is 1.58. The van der Waals surface area contributed by atoms with E-state index >= 15 is 0 Å². The van der Waals surface area contributed by atoms with Gasteiger partial charge in [0.25, 0.3) is 0 Å². The number of aromatic nitrogens is 4. The molecule has 2 aromatic rings. The SMILES string of the molecule is CC(=O)NC[C@H]1CN(c2ccc(N(C=N)CCNCc3nn[nH]n3)c(F)c2)C(=O)O1. The van der Waals surface area contributed by atoms with Crippen LogP contribution in [0.5, 0.6) is 0 Å². The fraction of sp³-hybridized carbons (Fsp3) is 0.412. The summed E-state index contributed by atoms with van der Waals surface area (Å²) < 4.78 is 19.9. The quantitative estimate of drug-likeness (QED) is 0.239. The molecule has 0 unspecified atom stereocenters. The van der Waals surface area contributed by atoms with E-state index in [1.807, 2.05) is 0 Å². The molecular weight excluding hydrogens is 397 g/mol. The van der Waals surface area contributed by atoms with Gasteiger partial charge in [0, 0.05) is 20.0 Å². The largest absolute Gasteiger partial charge is 0.442 e. The van der Waals surface area contributed by atoms with E-state index in [1.165, 1.54) is 28.9 Å². The van der Waals surface area contributed by atoms with E-state index in [0.717, 1.165) is 6.34 Å². The fourth-order valence-electron chi connectivity index (χ4n) is 2.90. The van der Waals surface area contributed by atoms with Crippen molar-refractivity contribution in [2.75, 3.05) is 36.0 Å². The molecule has 30 heavy (non-hydrogen) atoms. The third kappa shape index (κ3) is 5.26. The Bertz CT molecular complexity index is 893. The molecule has 1 atom stereocenters. The minimum atomic E-state index is -0.605. The zero-order chi connectivity index (χ0) is 21.5. The molecule has 4 N–H and O–H groups in total. The smallest absolute Gasteiger partial charge is 0.414 e. The van der Waals surface area contributed by atoms with Crippen molar-refractivity contribution in [3.63, 3.8) is 0 Å². The Hall–Kier alpha value is -3.61. The molecule has 12 nitrogen and oxygen atoms in total. The Morgan fingerprint density at radius 1 is 1.53 bits per heavy atom. The fourth-order valence-corrected chi connectivity index (χ4v) is 2.90.